The zero-order chi connectivity index (χ0) is 23.2. The minimum absolute atomic E-state index is 0.155. The van der Waals surface area contributed by atoms with Crippen molar-refractivity contribution in [2.24, 2.45) is 0 Å². The van der Waals surface area contributed by atoms with Crippen LogP contribution >= 0.6 is 0 Å². The lowest BCUT2D eigenvalue weighted by Gasteiger charge is -2.36. The molecule has 0 bridgehead atoms. The first-order chi connectivity index (χ1) is 16.1. The van der Waals surface area contributed by atoms with Crippen molar-refractivity contribution in [3.63, 3.8) is 0 Å². The molecule has 2 aromatic carbocycles. The van der Waals surface area contributed by atoms with E-state index in [0.717, 1.165) is 16.7 Å². The van der Waals surface area contributed by atoms with Gasteiger partial charge >= 0.3 is 0 Å². The molecular weight excluding hydrogens is 418 g/mol. The van der Waals surface area contributed by atoms with Crippen LogP contribution in [-0.4, -0.2) is 54.0 Å². The standard InChI is InChI=1S/C26H27N3O4/c1-18(33-24-6-4-3-5-23(24)32-2)26(31)29-16-15-28-25(30)22(29)17-19-7-9-20(10-8-19)21-11-13-27-14-12-21/h3-14,18,22H,15-17H2,1-2H3,(H,28,30)/t18-,22-/m1/s1. The van der Waals surface area contributed by atoms with Crippen molar-refractivity contribution < 1.29 is 19.1 Å². The molecule has 1 aromatic heterocycles. The van der Waals surface area contributed by atoms with Crippen LogP contribution in [0.4, 0.5) is 0 Å². The Morgan fingerprint density at radius 3 is 2.42 bits per heavy atom. The number of carbonyl (C=O) groups excluding carboxylic acids is 2. The van der Waals surface area contributed by atoms with Gasteiger partial charge in [0.2, 0.25) is 5.91 Å². The summed E-state index contributed by atoms with van der Waals surface area (Å²) in [6.07, 6.45) is 3.18. The van der Waals surface area contributed by atoms with E-state index in [1.54, 1.807) is 43.5 Å². The highest BCUT2D eigenvalue weighted by Crippen LogP contribution is 2.27. The number of para-hydroxylation sites is 2. The normalized spacial score (nSPS) is 16.6. The Morgan fingerprint density at radius 1 is 1.06 bits per heavy atom. The Hall–Kier alpha value is -3.87. The molecule has 0 radical (unpaired) electrons. The van der Waals surface area contributed by atoms with Crippen LogP contribution in [0.3, 0.4) is 0 Å². The van der Waals surface area contributed by atoms with Gasteiger partial charge in [-0.15, -0.1) is 0 Å². The third-order valence-electron chi connectivity index (χ3n) is 5.73. The highest BCUT2D eigenvalue weighted by Gasteiger charge is 2.36. The predicted molar refractivity (Wildman–Crippen MR) is 125 cm³/mol. The van der Waals surface area contributed by atoms with Crippen LogP contribution in [0.25, 0.3) is 11.1 Å². The fraction of sp³-hybridized carbons (Fsp3) is 0.269. The molecule has 1 aliphatic heterocycles. The van der Waals surface area contributed by atoms with E-state index in [0.29, 0.717) is 31.0 Å². The Labute approximate surface area is 193 Å². The van der Waals surface area contributed by atoms with E-state index in [2.05, 4.69) is 10.3 Å². The van der Waals surface area contributed by atoms with Gasteiger partial charge in [0.05, 0.1) is 7.11 Å². The molecule has 2 amide bonds. The van der Waals surface area contributed by atoms with Crippen LogP contribution in [0.15, 0.2) is 73.1 Å². The summed E-state index contributed by atoms with van der Waals surface area (Å²) in [5, 5.41) is 2.88. The second-order valence-corrected chi connectivity index (χ2v) is 7.89. The third-order valence-corrected chi connectivity index (χ3v) is 5.73. The summed E-state index contributed by atoms with van der Waals surface area (Å²) in [7, 11) is 1.56. The number of pyridine rings is 1. The topological polar surface area (TPSA) is 80.8 Å². The van der Waals surface area contributed by atoms with Gasteiger partial charge in [-0.2, -0.15) is 0 Å². The zero-order valence-electron chi connectivity index (χ0n) is 18.7. The van der Waals surface area contributed by atoms with Crippen LogP contribution in [0.5, 0.6) is 11.5 Å². The third kappa shape index (κ3) is 5.14. The maximum Gasteiger partial charge on any atom is 0.264 e. The quantitative estimate of drug-likeness (QED) is 0.605. The molecule has 0 spiro atoms. The van der Waals surface area contributed by atoms with Gasteiger partial charge in [-0.3, -0.25) is 14.6 Å². The van der Waals surface area contributed by atoms with Crippen molar-refractivity contribution in [2.75, 3.05) is 20.2 Å². The highest BCUT2D eigenvalue weighted by atomic mass is 16.5. The summed E-state index contributed by atoms with van der Waals surface area (Å²) in [6.45, 7) is 2.55. The monoisotopic (exact) mass is 445 g/mol. The fourth-order valence-corrected chi connectivity index (χ4v) is 3.97. The molecule has 2 atom stereocenters. The number of amides is 2. The number of piperazine rings is 1. The van der Waals surface area contributed by atoms with Gasteiger partial charge < -0.3 is 19.7 Å². The van der Waals surface area contributed by atoms with Gasteiger partial charge in [-0.1, -0.05) is 36.4 Å². The van der Waals surface area contributed by atoms with E-state index in [4.69, 9.17) is 9.47 Å². The van der Waals surface area contributed by atoms with Gasteiger partial charge in [-0.05, 0) is 47.9 Å². The van der Waals surface area contributed by atoms with E-state index in [-0.39, 0.29) is 11.8 Å². The number of rotatable bonds is 7. The lowest BCUT2D eigenvalue weighted by Crippen LogP contribution is -2.60. The molecular formula is C26H27N3O4. The van der Waals surface area contributed by atoms with E-state index in [1.807, 2.05) is 48.5 Å². The Morgan fingerprint density at radius 2 is 1.73 bits per heavy atom. The molecule has 0 saturated carbocycles. The van der Waals surface area contributed by atoms with Crippen LogP contribution in [-0.2, 0) is 16.0 Å². The molecule has 3 aromatic rings. The number of aromatic nitrogens is 1. The first-order valence-electron chi connectivity index (χ1n) is 10.9. The molecule has 0 unspecified atom stereocenters. The Balaban J connectivity index is 1.48. The Bertz CT molecular complexity index is 1100. The molecule has 1 N–H and O–H groups in total. The van der Waals surface area contributed by atoms with Crippen LogP contribution in [0.2, 0.25) is 0 Å². The van der Waals surface area contributed by atoms with E-state index in [9.17, 15) is 9.59 Å². The smallest absolute Gasteiger partial charge is 0.264 e. The first kappa shape index (κ1) is 22.3. The number of nitrogens with one attached hydrogen (secondary N) is 1. The number of carbonyl (C=O) groups is 2. The number of methoxy groups -OCH3 is 1. The number of hydrogen-bond donors (Lipinski definition) is 1. The van der Waals surface area contributed by atoms with Crippen LogP contribution in [0, 0.1) is 0 Å². The summed E-state index contributed by atoms with van der Waals surface area (Å²) in [5.41, 5.74) is 3.12. The van der Waals surface area contributed by atoms with Crippen LogP contribution < -0.4 is 14.8 Å². The number of ether oxygens (including phenoxy) is 2. The lowest BCUT2D eigenvalue weighted by molar-refractivity contribution is -0.147. The minimum Gasteiger partial charge on any atom is -0.493 e. The average Bonchev–Trinajstić information content (AvgIpc) is 2.86. The van der Waals surface area contributed by atoms with Gasteiger partial charge in [0.1, 0.15) is 6.04 Å². The van der Waals surface area contributed by atoms with Crippen molar-refractivity contribution in [3.8, 4) is 22.6 Å². The van der Waals surface area contributed by atoms with Gasteiger partial charge in [0.25, 0.3) is 5.91 Å². The van der Waals surface area contributed by atoms with Crippen molar-refractivity contribution in [1.29, 1.82) is 0 Å². The summed E-state index contributed by atoms with van der Waals surface area (Å²) in [6, 6.07) is 18.5. The fourth-order valence-electron chi connectivity index (χ4n) is 3.97. The highest BCUT2D eigenvalue weighted by molar-refractivity contribution is 5.90. The maximum absolute atomic E-state index is 13.3. The molecule has 7 nitrogen and oxygen atoms in total. The number of benzene rings is 2. The lowest BCUT2D eigenvalue weighted by atomic mass is 9.99. The summed E-state index contributed by atoms with van der Waals surface area (Å²) in [4.78, 5) is 31.6. The van der Waals surface area contributed by atoms with E-state index in [1.165, 1.54) is 0 Å². The molecule has 7 heteroatoms. The van der Waals surface area contributed by atoms with Crippen molar-refractivity contribution in [1.82, 2.24) is 15.2 Å². The summed E-state index contributed by atoms with van der Waals surface area (Å²) >= 11 is 0. The molecule has 4 rings (SSSR count). The zero-order valence-corrected chi connectivity index (χ0v) is 18.7. The number of nitrogens with zero attached hydrogens (tertiary/aromatic N) is 2. The predicted octanol–water partition coefficient (Wildman–Crippen LogP) is 3.09. The Kier molecular flexibility index (Phi) is 6.88. The minimum atomic E-state index is -0.760. The van der Waals surface area contributed by atoms with Gasteiger partial charge in [0.15, 0.2) is 17.6 Å². The van der Waals surface area contributed by atoms with Gasteiger partial charge in [-0.25, -0.2) is 0 Å². The molecule has 1 saturated heterocycles. The maximum atomic E-state index is 13.3. The second-order valence-electron chi connectivity index (χ2n) is 7.89. The molecule has 33 heavy (non-hydrogen) atoms. The average molecular weight is 446 g/mol. The number of hydrogen-bond acceptors (Lipinski definition) is 5. The van der Waals surface area contributed by atoms with E-state index >= 15 is 0 Å². The van der Waals surface area contributed by atoms with Crippen molar-refractivity contribution >= 4 is 11.8 Å². The van der Waals surface area contributed by atoms with Crippen LogP contribution in [0.1, 0.15) is 12.5 Å². The molecule has 1 fully saturated rings. The largest absolute Gasteiger partial charge is 0.493 e. The van der Waals surface area contributed by atoms with Crippen molar-refractivity contribution in [2.45, 2.75) is 25.5 Å². The van der Waals surface area contributed by atoms with Gasteiger partial charge in [0, 0.05) is 31.9 Å². The molecule has 170 valence electrons. The molecule has 0 aliphatic carbocycles. The second kappa shape index (κ2) is 10.2. The summed E-state index contributed by atoms with van der Waals surface area (Å²) < 4.78 is 11.2. The summed E-state index contributed by atoms with van der Waals surface area (Å²) in [5.74, 6) is 0.663. The molecule has 2 heterocycles. The SMILES string of the molecule is COc1ccccc1O[C@H](C)C(=O)N1CCNC(=O)[C@H]1Cc1ccc(-c2ccncc2)cc1. The van der Waals surface area contributed by atoms with Crippen molar-refractivity contribution in [3.05, 3.63) is 78.6 Å². The van der Waals surface area contributed by atoms with E-state index < -0.39 is 12.1 Å². The molecule has 1 aliphatic rings. The first-order valence-corrected chi connectivity index (χ1v) is 10.9.